The van der Waals surface area contributed by atoms with Gasteiger partial charge in [0, 0.05) is 19.5 Å². The fourth-order valence-electron chi connectivity index (χ4n) is 3.12. The van der Waals surface area contributed by atoms with E-state index in [4.69, 9.17) is 21.2 Å². The van der Waals surface area contributed by atoms with Crippen LogP contribution >= 0.6 is 0 Å². The Morgan fingerprint density at radius 3 is 2.67 bits per heavy atom. The number of hydrogen-bond donors (Lipinski definition) is 2. The first-order valence-electron chi connectivity index (χ1n) is 9.49. The molecule has 7 heteroatoms. The van der Waals surface area contributed by atoms with Crippen LogP contribution in [0.3, 0.4) is 0 Å². The topological polar surface area (TPSA) is 105 Å². The smallest absolute Gasteiger partial charge is 0.260 e. The molecule has 27 heavy (non-hydrogen) atoms. The van der Waals surface area contributed by atoms with Crippen LogP contribution in [-0.2, 0) is 19.5 Å². The van der Waals surface area contributed by atoms with Crippen molar-refractivity contribution in [2.75, 3.05) is 5.73 Å². The third-order valence-electron chi connectivity index (χ3n) is 4.41. The van der Waals surface area contributed by atoms with Crippen LogP contribution < -0.4 is 16.2 Å². The van der Waals surface area contributed by atoms with Gasteiger partial charge in [0.25, 0.3) is 5.88 Å². The fourth-order valence-corrected chi connectivity index (χ4v) is 3.12. The van der Waals surface area contributed by atoms with Crippen molar-refractivity contribution < 1.29 is 4.74 Å². The maximum atomic E-state index is 6.08. The van der Waals surface area contributed by atoms with Crippen molar-refractivity contribution in [2.24, 2.45) is 5.73 Å². The van der Waals surface area contributed by atoms with Gasteiger partial charge in [-0.15, -0.1) is 10.2 Å². The highest BCUT2D eigenvalue weighted by molar-refractivity contribution is 5.88. The second-order valence-electron chi connectivity index (χ2n) is 7.00. The zero-order chi connectivity index (χ0) is 19.4. The zero-order valence-corrected chi connectivity index (χ0v) is 16.3. The van der Waals surface area contributed by atoms with E-state index < -0.39 is 0 Å². The molecule has 0 atom stereocenters. The Hall–Kier alpha value is -2.67. The molecule has 0 fully saturated rings. The summed E-state index contributed by atoms with van der Waals surface area (Å²) in [4.78, 5) is 4.79. The fraction of sp³-hybridized carbons (Fsp3) is 0.450. The number of aromatic nitrogens is 4. The normalized spacial score (nSPS) is 11.4. The number of ether oxygens (including phenoxy) is 1. The first kappa shape index (κ1) is 19.1. The summed E-state index contributed by atoms with van der Waals surface area (Å²) in [6.45, 7) is 7.27. The van der Waals surface area contributed by atoms with Crippen LogP contribution in [0.5, 0.6) is 5.88 Å². The van der Waals surface area contributed by atoms with Gasteiger partial charge in [0.1, 0.15) is 16.9 Å². The Morgan fingerprint density at radius 2 is 1.96 bits per heavy atom. The number of imidazole rings is 1. The van der Waals surface area contributed by atoms with Crippen LogP contribution in [0.4, 0.5) is 5.82 Å². The number of unbranched alkanes of at least 4 members (excludes halogenated alkanes) is 1. The predicted molar refractivity (Wildman–Crippen MR) is 108 cm³/mol. The summed E-state index contributed by atoms with van der Waals surface area (Å²) >= 11 is 0. The van der Waals surface area contributed by atoms with Gasteiger partial charge in [-0.25, -0.2) is 4.98 Å². The van der Waals surface area contributed by atoms with Crippen LogP contribution in [0.25, 0.3) is 11.0 Å². The number of aryl methyl sites for hydroxylation is 1. The number of rotatable bonds is 8. The second-order valence-corrected chi connectivity index (χ2v) is 7.00. The lowest BCUT2D eigenvalue weighted by molar-refractivity contribution is 0.232. The number of hydrogen-bond acceptors (Lipinski definition) is 6. The molecule has 2 heterocycles. The Labute approximate surface area is 159 Å². The molecule has 0 spiro atoms. The summed E-state index contributed by atoms with van der Waals surface area (Å²) < 4.78 is 8.07. The van der Waals surface area contributed by atoms with E-state index in [0.29, 0.717) is 30.3 Å². The largest absolute Gasteiger partial charge is 0.472 e. The standard InChI is InChI=1S/C20H28N6O/c1-4-5-9-16-23-17-18(20(27-13(2)3)25-24-19(17)22)26(16)12-15-8-6-7-14(10-15)11-21/h6-8,10,13H,4-5,9,11-12,21H2,1-3H3,(H2,22,24). The molecule has 0 aliphatic rings. The third kappa shape index (κ3) is 4.19. The summed E-state index contributed by atoms with van der Waals surface area (Å²) in [6, 6.07) is 8.28. The molecule has 0 bridgehead atoms. The summed E-state index contributed by atoms with van der Waals surface area (Å²) in [5.74, 6) is 1.77. The highest BCUT2D eigenvalue weighted by Gasteiger charge is 2.20. The summed E-state index contributed by atoms with van der Waals surface area (Å²) in [7, 11) is 0. The van der Waals surface area contributed by atoms with Gasteiger partial charge in [0.2, 0.25) is 0 Å². The van der Waals surface area contributed by atoms with Gasteiger partial charge in [-0.3, -0.25) is 0 Å². The molecule has 3 aromatic rings. The van der Waals surface area contributed by atoms with Crippen molar-refractivity contribution >= 4 is 16.9 Å². The van der Waals surface area contributed by atoms with Crippen LogP contribution in [0.1, 0.15) is 50.6 Å². The number of fused-ring (bicyclic) bond motifs is 1. The van der Waals surface area contributed by atoms with Crippen LogP contribution in [0.15, 0.2) is 24.3 Å². The van der Waals surface area contributed by atoms with E-state index in [-0.39, 0.29) is 6.10 Å². The van der Waals surface area contributed by atoms with Gasteiger partial charge in [-0.05, 0) is 31.4 Å². The van der Waals surface area contributed by atoms with E-state index in [9.17, 15) is 0 Å². The zero-order valence-electron chi connectivity index (χ0n) is 16.3. The minimum absolute atomic E-state index is 0.0193. The molecular weight excluding hydrogens is 340 g/mol. The molecule has 2 aromatic heterocycles. The first-order valence-corrected chi connectivity index (χ1v) is 9.49. The van der Waals surface area contributed by atoms with Crippen LogP contribution in [0, 0.1) is 0 Å². The molecule has 0 saturated carbocycles. The van der Waals surface area contributed by atoms with Crippen molar-refractivity contribution in [2.45, 2.75) is 59.2 Å². The Bertz CT molecular complexity index is 918. The third-order valence-corrected chi connectivity index (χ3v) is 4.41. The lowest BCUT2D eigenvalue weighted by Gasteiger charge is -2.14. The van der Waals surface area contributed by atoms with E-state index >= 15 is 0 Å². The van der Waals surface area contributed by atoms with Gasteiger partial charge in [-0.2, -0.15) is 0 Å². The summed E-state index contributed by atoms with van der Waals surface area (Å²) in [6.07, 6.45) is 2.98. The van der Waals surface area contributed by atoms with E-state index in [0.717, 1.165) is 41.7 Å². The molecule has 7 nitrogen and oxygen atoms in total. The lowest BCUT2D eigenvalue weighted by atomic mass is 10.1. The Balaban J connectivity index is 2.14. The molecule has 0 unspecified atom stereocenters. The molecule has 3 rings (SSSR count). The average Bonchev–Trinajstić information content (AvgIpc) is 3.01. The molecule has 0 aliphatic carbocycles. The maximum Gasteiger partial charge on any atom is 0.260 e. The summed E-state index contributed by atoms with van der Waals surface area (Å²) in [5.41, 5.74) is 15.6. The SMILES string of the molecule is CCCCc1nc2c(N)nnc(OC(C)C)c2n1Cc1cccc(CN)c1. The average molecular weight is 368 g/mol. The van der Waals surface area contributed by atoms with E-state index in [1.54, 1.807) is 0 Å². The van der Waals surface area contributed by atoms with Gasteiger partial charge in [-0.1, -0.05) is 37.6 Å². The maximum absolute atomic E-state index is 6.08. The second kappa shape index (κ2) is 8.35. The minimum atomic E-state index is -0.0193. The molecule has 1 aromatic carbocycles. The molecule has 144 valence electrons. The van der Waals surface area contributed by atoms with Crippen molar-refractivity contribution in [3.05, 3.63) is 41.2 Å². The van der Waals surface area contributed by atoms with Gasteiger partial charge < -0.3 is 20.8 Å². The summed E-state index contributed by atoms with van der Waals surface area (Å²) in [5, 5.41) is 8.24. The first-order chi connectivity index (χ1) is 13.0. The number of nitrogens with zero attached hydrogens (tertiary/aromatic N) is 4. The van der Waals surface area contributed by atoms with E-state index in [2.05, 4.69) is 33.8 Å². The highest BCUT2D eigenvalue weighted by Crippen LogP contribution is 2.29. The number of nitrogens with two attached hydrogens (primary N) is 2. The molecule has 0 amide bonds. The van der Waals surface area contributed by atoms with Crippen molar-refractivity contribution in [3.63, 3.8) is 0 Å². The highest BCUT2D eigenvalue weighted by atomic mass is 16.5. The van der Waals surface area contributed by atoms with Gasteiger partial charge >= 0.3 is 0 Å². The van der Waals surface area contributed by atoms with Gasteiger partial charge in [0.15, 0.2) is 5.82 Å². The molecule has 4 N–H and O–H groups in total. The predicted octanol–water partition coefficient (Wildman–Crippen LogP) is 3.05. The Morgan fingerprint density at radius 1 is 1.19 bits per heavy atom. The van der Waals surface area contributed by atoms with Crippen molar-refractivity contribution in [3.8, 4) is 5.88 Å². The molecular formula is C20H28N6O. The molecule has 0 aliphatic heterocycles. The van der Waals surface area contributed by atoms with Gasteiger partial charge in [0.05, 0.1) is 6.10 Å². The van der Waals surface area contributed by atoms with E-state index in [1.165, 1.54) is 0 Å². The van der Waals surface area contributed by atoms with E-state index in [1.807, 2.05) is 26.0 Å². The quantitative estimate of drug-likeness (QED) is 0.633. The minimum Gasteiger partial charge on any atom is -0.472 e. The number of anilines is 1. The molecule has 0 radical (unpaired) electrons. The van der Waals surface area contributed by atoms with Crippen LogP contribution in [0.2, 0.25) is 0 Å². The number of nitrogen functional groups attached to an aromatic ring is 1. The van der Waals surface area contributed by atoms with Crippen LogP contribution in [-0.4, -0.2) is 25.9 Å². The lowest BCUT2D eigenvalue weighted by Crippen LogP contribution is -2.12. The molecule has 0 saturated heterocycles. The Kier molecular flexibility index (Phi) is 5.91. The van der Waals surface area contributed by atoms with Crippen molar-refractivity contribution in [1.82, 2.24) is 19.7 Å². The van der Waals surface area contributed by atoms with Crippen molar-refractivity contribution in [1.29, 1.82) is 0 Å². The number of benzene rings is 1. The monoisotopic (exact) mass is 368 g/mol.